The summed E-state index contributed by atoms with van der Waals surface area (Å²) in [5.74, 6) is 0.0983. The Morgan fingerprint density at radius 3 is 2.82 bits per heavy atom. The number of nitrogens with one attached hydrogen (secondary N) is 2. The van der Waals surface area contributed by atoms with Gasteiger partial charge < -0.3 is 10.6 Å². The summed E-state index contributed by atoms with van der Waals surface area (Å²) in [6.07, 6.45) is 3.18. The molecule has 0 heterocycles. The van der Waals surface area contributed by atoms with E-state index in [0.29, 0.717) is 13.0 Å². The van der Waals surface area contributed by atoms with Crippen LogP contribution in [0.5, 0.6) is 0 Å². The first kappa shape index (κ1) is 10.2. The van der Waals surface area contributed by atoms with Crippen LogP contribution in [0.25, 0.3) is 0 Å². The molecule has 0 rings (SSSR count). The fourth-order valence-electron chi connectivity index (χ4n) is 0.641. The van der Waals surface area contributed by atoms with Crippen LogP contribution in [0, 0.1) is 0 Å². The van der Waals surface area contributed by atoms with Gasteiger partial charge in [-0.05, 0) is 13.5 Å². The maximum Gasteiger partial charge on any atom is 0.221 e. The Bertz CT molecular complexity index is 123. The molecule has 0 saturated carbocycles. The minimum atomic E-state index is 0.0983. The fraction of sp³-hybridized carbons (Fsp3) is 0.625. The van der Waals surface area contributed by atoms with E-state index in [-0.39, 0.29) is 5.91 Å². The first-order chi connectivity index (χ1) is 5.31. The lowest BCUT2D eigenvalue weighted by Gasteiger charge is -2.01. The Morgan fingerprint density at radius 2 is 2.27 bits per heavy atom. The van der Waals surface area contributed by atoms with Crippen molar-refractivity contribution in [2.75, 3.05) is 20.1 Å². The van der Waals surface area contributed by atoms with Crippen molar-refractivity contribution in [1.29, 1.82) is 0 Å². The van der Waals surface area contributed by atoms with Crippen molar-refractivity contribution in [3.63, 3.8) is 0 Å². The number of hydrogen-bond acceptors (Lipinski definition) is 2. The third-order valence-corrected chi connectivity index (χ3v) is 1.27. The topological polar surface area (TPSA) is 41.1 Å². The van der Waals surface area contributed by atoms with Crippen molar-refractivity contribution < 1.29 is 4.79 Å². The number of hydrogen-bond donors (Lipinski definition) is 2. The summed E-state index contributed by atoms with van der Waals surface area (Å²) in [4.78, 5) is 10.9. The zero-order valence-corrected chi connectivity index (χ0v) is 7.02. The zero-order valence-electron chi connectivity index (χ0n) is 7.02. The molecule has 11 heavy (non-hydrogen) atoms. The second-order valence-electron chi connectivity index (χ2n) is 2.28. The average Bonchev–Trinajstić information content (AvgIpc) is 2.01. The smallest absolute Gasteiger partial charge is 0.221 e. The van der Waals surface area contributed by atoms with Gasteiger partial charge in [-0.3, -0.25) is 4.79 Å². The SMILES string of the molecule is C=CCCNC(=O)CCNC. The molecule has 0 unspecified atom stereocenters. The van der Waals surface area contributed by atoms with Gasteiger partial charge in [0.2, 0.25) is 5.91 Å². The first-order valence-electron chi connectivity index (χ1n) is 3.83. The van der Waals surface area contributed by atoms with E-state index in [1.807, 2.05) is 7.05 Å². The summed E-state index contributed by atoms with van der Waals surface area (Å²) in [6, 6.07) is 0. The summed E-state index contributed by atoms with van der Waals surface area (Å²) in [7, 11) is 1.83. The number of carbonyl (C=O) groups excluding carboxylic acids is 1. The molecule has 0 aromatic carbocycles. The van der Waals surface area contributed by atoms with E-state index in [2.05, 4.69) is 17.2 Å². The number of rotatable bonds is 6. The number of carbonyl (C=O) groups is 1. The van der Waals surface area contributed by atoms with E-state index in [4.69, 9.17) is 0 Å². The third-order valence-electron chi connectivity index (χ3n) is 1.27. The molecule has 0 fully saturated rings. The molecule has 0 aliphatic carbocycles. The van der Waals surface area contributed by atoms with Crippen LogP contribution in [0.15, 0.2) is 12.7 Å². The minimum absolute atomic E-state index is 0.0983. The summed E-state index contributed by atoms with van der Waals surface area (Å²) >= 11 is 0. The fourth-order valence-corrected chi connectivity index (χ4v) is 0.641. The molecule has 2 N–H and O–H groups in total. The molecule has 0 saturated heterocycles. The highest BCUT2D eigenvalue weighted by Gasteiger charge is 1.96. The highest BCUT2D eigenvalue weighted by Crippen LogP contribution is 1.79. The van der Waals surface area contributed by atoms with Gasteiger partial charge in [-0.1, -0.05) is 6.08 Å². The van der Waals surface area contributed by atoms with Gasteiger partial charge in [0.1, 0.15) is 0 Å². The van der Waals surface area contributed by atoms with Crippen molar-refractivity contribution in [2.24, 2.45) is 0 Å². The van der Waals surface area contributed by atoms with E-state index in [0.717, 1.165) is 13.0 Å². The molecule has 0 bridgehead atoms. The molecule has 3 heteroatoms. The summed E-state index contributed by atoms with van der Waals surface area (Å²) in [5.41, 5.74) is 0. The first-order valence-corrected chi connectivity index (χ1v) is 3.83. The van der Waals surface area contributed by atoms with Crippen LogP contribution in [0.1, 0.15) is 12.8 Å². The zero-order chi connectivity index (χ0) is 8.53. The monoisotopic (exact) mass is 156 g/mol. The van der Waals surface area contributed by atoms with E-state index < -0.39 is 0 Å². The lowest BCUT2D eigenvalue weighted by atomic mass is 10.3. The molecule has 0 aromatic rings. The van der Waals surface area contributed by atoms with Gasteiger partial charge in [0.05, 0.1) is 0 Å². The predicted octanol–water partition coefficient (Wildman–Crippen LogP) is 0.288. The lowest BCUT2D eigenvalue weighted by molar-refractivity contribution is -0.120. The van der Waals surface area contributed by atoms with Crippen LogP contribution in [0.2, 0.25) is 0 Å². The standard InChI is InChI=1S/C8H16N2O/c1-3-4-6-10-8(11)5-7-9-2/h3,9H,1,4-7H2,2H3,(H,10,11). The van der Waals surface area contributed by atoms with Crippen molar-refractivity contribution >= 4 is 5.91 Å². The maximum atomic E-state index is 10.9. The maximum absolute atomic E-state index is 10.9. The van der Waals surface area contributed by atoms with Crippen LogP contribution >= 0.6 is 0 Å². The van der Waals surface area contributed by atoms with E-state index in [9.17, 15) is 4.79 Å². The van der Waals surface area contributed by atoms with E-state index in [1.165, 1.54) is 0 Å². The molecule has 0 spiro atoms. The van der Waals surface area contributed by atoms with Crippen LogP contribution < -0.4 is 10.6 Å². The average molecular weight is 156 g/mol. The Labute approximate surface area is 67.9 Å². The second kappa shape index (κ2) is 7.28. The van der Waals surface area contributed by atoms with Gasteiger partial charge >= 0.3 is 0 Å². The van der Waals surface area contributed by atoms with Gasteiger partial charge in [-0.25, -0.2) is 0 Å². The van der Waals surface area contributed by atoms with Crippen LogP contribution in [-0.4, -0.2) is 26.0 Å². The highest BCUT2D eigenvalue weighted by atomic mass is 16.1. The summed E-state index contributed by atoms with van der Waals surface area (Å²) in [6.45, 7) is 4.99. The Balaban J connectivity index is 3.15. The largest absolute Gasteiger partial charge is 0.356 e. The Kier molecular flexibility index (Phi) is 6.73. The molecule has 0 aliphatic rings. The molecule has 0 aliphatic heterocycles. The van der Waals surface area contributed by atoms with Gasteiger partial charge in [-0.15, -0.1) is 6.58 Å². The summed E-state index contributed by atoms with van der Waals surface area (Å²) in [5, 5.41) is 5.68. The van der Waals surface area contributed by atoms with Crippen LogP contribution in [-0.2, 0) is 4.79 Å². The molecule has 64 valence electrons. The Morgan fingerprint density at radius 1 is 1.55 bits per heavy atom. The quantitative estimate of drug-likeness (QED) is 0.428. The van der Waals surface area contributed by atoms with Crippen molar-refractivity contribution in [1.82, 2.24) is 10.6 Å². The molecule has 3 nitrogen and oxygen atoms in total. The van der Waals surface area contributed by atoms with Gasteiger partial charge in [0, 0.05) is 19.5 Å². The van der Waals surface area contributed by atoms with E-state index >= 15 is 0 Å². The molecule has 0 radical (unpaired) electrons. The molecule has 0 atom stereocenters. The summed E-state index contributed by atoms with van der Waals surface area (Å²) < 4.78 is 0. The van der Waals surface area contributed by atoms with Crippen molar-refractivity contribution in [3.8, 4) is 0 Å². The van der Waals surface area contributed by atoms with E-state index in [1.54, 1.807) is 6.08 Å². The van der Waals surface area contributed by atoms with Crippen molar-refractivity contribution in [3.05, 3.63) is 12.7 Å². The predicted molar refractivity (Wildman–Crippen MR) is 46.4 cm³/mol. The third kappa shape index (κ3) is 7.06. The second-order valence-corrected chi connectivity index (χ2v) is 2.28. The molecule has 0 aromatic heterocycles. The molecular weight excluding hydrogens is 140 g/mol. The Hall–Kier alpha value is -0.830. The van der Waals surface area contributed by atoms with Crippen LogP contribution in [0.3, 0.4) is 0 Å². The van der Waals surface area contributed by atoms with Crippen LogP contribution in [0.4, 0.5) is 0 Å². The van der Waals surface area contributed by atoms with Gasteiger partial charge in [-0.2, -0.15) is 0 Å². The molecule has 1 amide bonds. The van der Waals surface area contributed by atoms with Crippen molar-refractivity contribution in [2.45, 2.75) is 12.8 Å². The minimum Gasteiger partial charge on any atom is -0.356 e. The van der Waals surface area contributed by atoms with Gasteiger partial charge in [0.15, 0.2) is 0 Å². The van der Waals surface area contributed by atoms with Gasteiger partial charge in [0.25, 0.3) is 0 Å². The molecular formula is C8H16N2O. The normalized spacial score (nSPS) is 9.18. The number of amides is 1. The lowest BCUT2D eigenvalue weighted by Crippen LogP contribution is -2.27. The highest BCUT2D eigenvalue weighted by molar-refractivity contribution is 5.75.